The van der Waals surface area contributed by atoms with E-state index >= 15 is 0 Å². The van der Waals surface area contributed by atoms with Crippen molar-refractivity contribution in [3.63, 3.8) is 0 Å². The Balaban J connectivity index is 2.00. The summed E-state index contributed by atoms with van der Waals surface area (Å²) in [5.41, 5.74) is 5.11. The normalized spacial score (nSPS) is 10.5. The molecule has 1 heterocycles. The van der Waals surface area contributed by atoms with Crippen LogP contribution in [0, 0.1) is 6.92 Å². The number of primary amides is 1. The smallest absolute Gasteiger partial charge is 0.255 e. The number of ether oxygens (including phenoxy) is 2. The zero-order valence-corrected chi connectivity index (χ0v) is 12.9. The van der Waals surface area contributed by atoms with Crippen molar-refractivity contribution in [3.8, 4) is 17.2 Å². The number of rotatable bonds is 5. The molecule has 0 aliphatic carbocycles. The summed E-state index contributed by atoms with van der Waals surface area (Å²) in [5, 5.41) is 0.359. The van der Waals surface area contributed by atoms with Crippen molar-refractivity contribution in [2.24, 2.45) is 5.73 Å². The fraction of sp³-hybridized carbons (Fsp3) is 0.111. The maximum Gasteiger partial charge on any atom is 0.255 e. The third kappa shape index (κ3) is 3.22. The van der Waals surface area contributed by atoms with E-state index in [0.29, 0.717) is 28.2 Å². The SMILES string of the molecule is Cc1oc2cc(OCC(N)=O)ccc2c(=O)c1Oc1ccccc1. The Hall–Kier alpha value is -3.28. The highest BCUT2D eigenvalue weighted by molar-refractivity contribution is 5.80. The van der Waals surface area contributed by atoms with Gasteiger partial charge in [0.15, 0.2) is 6.61 Å². The van der Waals surface area contributed by atoms with Crippen LogP contribution in [0.3, 0.4) is 0 Å². The summed E-state index contributed by atoms with van der Waals surface area (Å²) in [7, 11) is 0. The molecule has 3 aromatic rings. The van der Waals surface area contributed by atoms with Crippen molar-refractivity contribution in [2.45, 2.75) is 6.92 Å². The first-order chi connectivity index (χ1) is 11.5. The molecule has 0 aliphatic heterocycles. The number of nitrogens with two attached hydrogens (primary N) is 1. The fourth-order valence-electron chi connectivity index (χ4n) is 2.24. The van der Waals surface area contributed by atoms with Crippen molar-refractivity contribution in [1.82, 2.24) is 0 Å². The second-order valence-electron chi connectivity index (χ2n) is 5.14. The lowest BCUT2D eigenvalue weighted by Gasteiger charge is -2.09. The molecule has 0 bridgehead atoms. The molecule has 0 spiro atoms. The van der Waals surface area contributed by atoms with Crippen LogP contribution < -0.4 is 20.6 Å². The highest BCUT2D eigenvalue weighted by Crippen LogP contribution is 2.27. The van der Waals surface area contributed by atoms with Gasteiger partial charge in [-0.1, -0.05) is 18.2 Å². The molecule has 24 heavy (non-hydrogen) atoms. The van der Waals surface area contributed by atoms with Crippen molar-refractivity contribution < 1.29 is 18.7 Å². The molecule has 0 atom stereocenters. The van der Waals surface area contributed by atoms with E-state index < -0.39 is 5.91 Å². The van der Waals surface area contributed by atoms with Gasteiger partial charge in [0.05, 0.1) is 5.39 Å². The summed E-state index contributed by atoms with van der Waals surface area (Å²) < 4.78 is 16.5. The largest absolute Gasteiger partial charge is 0.484 e. The lowest BCUT2D eigenvalue weighted by atomic mass is 10.2. The molecule has 6 heteroatoms. The first-order valence-electron chi connectivity index (χ1n) is 7.26. The van der Waals surface area contributed by atoms with Gasteiger partial charge < -0.3 is 19.6 Å². The number of benzene rings is 2. The van der Waals surface area contributed by atoms with E-state index in [1.54, 1.807) is 37.3 Å². The number of carbonyl (C=O) groups is 1. The Bertz CT molecular complexity index is 947. The summed E-state index contributed by atoms with van der Waals surface area (Å²) in [6, 6.07) is 13.7. The average molecular weight is 325 g/mol. The third-order valence-electron chi connectivity index (χ3n) is 3.33. The molecule has 0 saturated carbocycles. The average Bonchev–Trinajstić information content (AvgIpc) is 2.57. The summed E-state index contributed by atoms with van der Waals surface area (Å²) in [6.45, 7) is 1.40. The molecular formula is C18H15NO5. The quantitative estimate of drug-likeness (QED) is 0.779. The van der Waals surface area contributed by atoms with Crippen LogP contribution in [-0.4, -0.2) is 12.5 Å². The lowest BCUT2D eigenvalue weighted by molar-refractivity contribution is -0.119. The van der Waals surface area contributed by atoms with Crippen LogP contribution in [0.15, 0.2) is 57.7 Å². The number of fused-ring (bicyclic) bond motifs is 1. The van der Waals surface area contributed by atoms with Crippen LogP contribution in [0.5, 0.6) is 17.2 Å². The lowest BCUT2D eigenvalue weighted by Crippen LogP contribution is -2.20. The molecule has 2 aromatic carbocycles. The van der Waals surface area contributed by atoms with Gasteiger partial charge in [-0.3, -0.25) is 9.59 Å². The second-order valence-corrected chi connectivity index (χ2v) is 5.14. The molecule has 0 fully saturated rings. The number of amides is 1. The predicted molar refractivity (Wildman–Crippen MR) is 88.4 cm³/mol. The third-order valence-corrected chi connectivity index (χ3v) is 3.33. The maximum atomic E-state index is 12.6. The minimum atomic E-state index is -0.584. The Morgan fingerprint density at radius 3 is 2.58 bits per heavy atom. The van der Waals surface area contributed by atoms with E-state index in [4.69, 9.17) is 19.6 Å². The number of aryl methyl sites for hydroxylation is 1. The molecular weight excluding hydrogens is 310 g/mol. The van der Waals surface area contributed by atoms with E-state index in [2.05, 4.69) is 0 Å². The molecule has 3 rings (SSSR count). The molecule has 1 aromatic heterocycles. The Morgan fingerprint density at radius 2 is 1.88 bits per heavy atom. The summed E-state index contributed by atoms with van der Waals surface area (Å²) in [4.78, 5) is 23.4. The minimum Gasteiger partial charge on any atom is -0.484 e. The molecule has 122 valence electrons. The van der Waals surface area contributed by atoms with E-state index in [1.807, 2.05) is 18.2 Å². The zero-order valence-electron chi connectivity index (χ0n) is 12.9. The van der Waals surface area contributed by atoms with Gasteiger partial charge in [-0.05, 0) is 31.2 Å². The molecule has 1 amide bonds. The van der Waals surface area contributed by atoms with E-state index in [9.17, 15) is 9.59 Å². The summed E-state index contributed by atoms with van der Waals surface area (Å²) >= 11 is 0. The number of carbonyl (C=O) groups excluding carboxylic acids is 1. The maximum absolute atomic E-state index is 12.6. The van der Waals surface area contributed by atoms with Gasteiger partial charge >= 0.3 is 0 Å². The van der Waals surface area contributed by atoms with Gasteiger partial charge in [0.1, 0.15) is 22.8 Å². The zero-order chi connectivity index (χ0) is 17.1. The monoisotopic (exact) mass is 325 g/mol. The van der Waals surface area contributed by atoms with Crippen LogP contribution in [-0.2, 0) is 4.79 Å². The van der Waals surface area contributed by atoms with Gasteiger partial charge in [0, 0.05) is 6.07 Å². The predicted octanol–water partition coefficient (Wildman–Crippen LogP) is 2.76. The van der Waals surface area contributed by atoms with Gasteiger partial charge in [0.25, 0.3) is 5.91 Å². The van der Waals surface area contributed by atoms with Crippen LogP contribution in [0.2, 0.25) is 0 Å². The molecule has 2 N–H and O–H groups in total. The fourth-order valence-corrected chi connectivity index (χ4v) is 2.24. The molecule has 0 radical (unpaired) electrons. The van der Waals surface area contributed by atoms with E-state index in [1.165, 1.54) is 0 Å². The first kappa shape index (κ1) is 15.6. The van der Waals surface area contributed by atoms with Crippen molar-refractivity contribution in [3.05, 3.63) is 64.5 Å². The standard InChI is InChI=1S/C18H15NO5/c1-11-18(24-12-5-3-2-4-6-12)17(21)14-8-7-13(9-15(14)23-11)22-10-16(19)20/h2-9H,10H2,1H3,(H2,19,20). The summed E-state index contributed by atoms with van der Waals surface area (Å²) in [5.74, 6) is 0.844. The van der Waals surface area contributed by atoms with Crippen molar-refractivity contribution >= 4 is 16.9 Å². The Labute approximate surface area is 137 Å². The molecule has 0 saturated heterocycles. The van der Waals surface area contributed by atoms with Gasteiger partial charge in [0.2, 0.25) is 11.2 Å². The van der Waals surface area contributed by atoms with Crippen LogP contribution >= 0.6 is 0 Å². The van der Waals surface area contributed by atoms with E-state index in [0.717, 1.165) is 0 Å². The Morgan fingerprint density at radius 1 is 1.12 bits per heavy atom. The van der Waals surface area contributed by atoms with Gasteiger partial charge in [-0.2, -0.15) is 0 Å². The topological polar surface area (TPSA) is 91.8 Å². The van der Waals surface area contributed by atoms with Crippen LogP contribution in [0.25, 0.3) is 11.0 Å². The number of para-hydroxylation sites is 1. The summed E-state index contributed by atoms with van der Waals surface area (Å²) in [6.07, 6.45) is 0. The van der Waals surface area contributed by atoms with Crippen LogP contribution in [0.1, 0.15) is 5.76 Å². The van der Waals surface area contributed by atoms with Gasteiger partial charge in [-0.25, -0.2) is 0 Å². The molecule has 0 aliphatic rings. The van der Waals surface area contributed by atoms with Crippen molar-refractivity contribution in [1.29, 1.82) is 0 Å². The van der Waals surface area contributed by atoms with E-state index in [-0.39, 0.29) is 17.8 Å². The van der Waals surface area contributed by atoms with Crippen molar-refractivity contribution in [2.75, 3.05) is 6.61 Å². The first-order valence-corrected chi connectivity index (χ1v) is 7.26. The highest BCUT2D eigenvalue weighted by Gasteiger charge is 2.14. The van der Waals surface area contributed by atoms with Crippen LogP contribution in [0.4, 0.5) is 0 Å². The second kappa shape index (κ2) is 6.45. The number of hydrogen-bond donors (Lipinski definition) is 1. The molecule has 6 nitrogen and oxygen atoms in total. The van der Waals surface area contributed by atoms with Gasteiger partial charge in [-0.15, -0.1) is 0 Å². The molecule has 0 unspecified atom stereocenters. The highest BCUT2D eigenvalue weighted by atomic mass is 16.5. The number of hydrogen-bond acceptors (Lipinski definition) is 5. The minimum absolute atomic E-state index is 0.138. The Kier molecular flexibility index (Phi) is 4.20.